The number of hydrogen-bond donors (Lipinski definition) is 1. The topological polar surface area (TPSA) is 47.6 Å². The standard InChI is InChI=1S/C20H22BrNO3/c1-13(20(8-9-20)15-4-6-16(21)7-5-15)22-19(23)14-10-17(24-2)12-18(11-14)25-3/h4-7,10-13H,8-9H2,1-3H3,(H,22,23). The van der Waals surface area contributed by atoms with E-state index >= 15 is 0 Å². The fourth-order valence-corrected chi connectivity index (χ4v) is 3.51. The van der Waals surface area contributed by atoms with Crippen LogP contribution in [0.15, 0.2) is 46.9 Å². The van der Waals surface area contributed by atoms with Gasteiger partial charge in [-0.2, -0.15) is 0 Å². The summed E-state index contributed by atoms with van der Waals surface area (Å²) in [5, 5.41) is 3.15. The molecule has 1 N–H and O–H groups in total. The second kappa shape index (κ2) is 7.08. The predicted molar refractivity (Wildman–Crippen MR) is 102 cm³/mol. The maximum Gasteiger partial charge on any atom is 0.251 e. The number of carbonyl (C=O) groups excluding carboxylic acids is 1. The van der Waals surface area contributed by atoms with Crippen molar-refractivity contribution in [2.75, 3.05) is 14.2 Å². The molecule has 4 nitrogen and oxygen atoms in total. The van der Waals surface area contributed by atoms with Crippen molar-refractivity contribution in [3.05, 3.63) is 58.1 Å². The maximum absolute atomic E-state index is 12.7. The lowest BCUT2D eigenvalue weighted by Gasteiger charge is -2.25. The normalized spacial score (nSPS) is 16.0. The van der Waals surface area contributed by atoms with Crippen molar-refractivity contribution >= 4 is 21.8 Å². The van der Waals surface area contributed by atoms with Gasteiger partial charge < -0.3 is 14.8 Å². The van der Waals surface area contributed by atoms with Crippen molar-refractivity contribution in [1.29, 1.82) is 0 Å². The quantitative estimate of drug-likeness (QED) is 0.781. The highest BCUT2D eigenvalue weighted by Gasteiger charge is 2.49. The molecule has 1 unspecified atom stereocenters. The first kappa shape index (κ1) is 17.8. The summed E-state index contributed by atoms with van der Waals surface area (Å²) >= 11 is 3.47. The predicted octanol–water partition coefficient (Wildman–Crippen LogP) is 4.32. The van der Waals surface area contributed by atoms with Crippen LogP contribution in [0.1, 0.15) is 35.7 Å². The minimum absolute atomic E-state index is 0.0271. The molecule has 3 rings (SSSR count). The molecule has 132 valence electrons. The number of rotatable bonds is 6. The largest absolute Gasteiger partial charge is 0.497 e. The Morgan fingerprint density at radius 1 is 1.08 bits per heavy atom. The number of amides is 1. The molecular weight excluding hydrogens is 382 g/mol. The lowest BCUT2D eigenvalue weighted by molar-refractivity contribution is 0.0931. The highest BCUT2D eigenvalue weighted by molar-refractivity contribution is 9.10. The minimum atomic E-state index is -0.118. The van der Waals surface area contributed by atoms with E-state index in [-0.39, 0.29) is 17.4 Å². The van der Waals surface area contributed by atoms with Crippen LogP contribution < -0.4 is 14.8 Å². The molecule has 0 heterocycles. The first-order valence-corrected chi connectivity index (χ1v) is 9.08. The molecule has 1 saturated carbocycles. The van der Waals surface area contributed by atoms with E-state index in [0.717, 1.165) is 17.3 Å². The highest BCUT2D eigenvalue weighted by atomic mass is 79.9. The first-order chi connectivity index (χ1) is 12.0. The number of hydrogen-bond acceptors (Lipinski definition) is 3. The first-order valence-electron chi connectivity index (χ1n) is 8.28. The van der Waals surface area contributed by atoms with Gasteiger partial charge in [-0.05, 0) is 49.6 Å². The van der Waals surface area contributed by atoms with Gasteiger partial charge in [-0.25, -0.2) is 0 Å². The Morgan fingerprint density at radius 2 is 1.64 bits per heavy atom. The van der Waals surface area contributed by atoms with Crippen LogP contribution in [0, 0.1) is 0 Å². The number of nitrogens with one attached hydrogen (secondary N) is 1. The van der Waals surface area contributed by atoms with E-state index in [9.17, 15) is 4.79 Å². The van der Waals surface area contributed by atoms with Crippen molar-refractivity contribution in [3.8, 4) is 11.5 Å². The van der Waals surface area contributed by atoms with Crippen LogP contribution in [-0.4, -0.2) is 26.2 Å². The Hall–Kier alpha value is -2.01. The van der Waals surface area contributed by atoms with Gasteiger partial charge in [0.05, 0.1) is 14.2 Å². The van der Waals surface area contributed by atoms with Gasteiger partial charge in [0.25, 0.3) is 5.91 Å². The average Bonchev–Trinajstić information content (AvgIpc) is 3.43. The van der Waals surface area contributed by atoms with E-state index in [4.69, 9.17) is 9.47 Å². The van der Waals surface area contributed by atoms with Gasteiger partial charge in [0.15, 0.2) is 0 Å². The lowest BCUT2D eigenvalue weighted by Crippen LogP contribution is -2.41. The van der Waals surface area contributed by atoms with Gasteiger partial charge in [-0.3, -0.25) is 4.79 Å². The lowest BCUT2D eigenvalue weighted by atomic mass is 9.89. The van der Waals surface area contributed by atoms with E-state index < -0.39 is 0 Å². The second-order valence-corrected chi connectivity index (χ2v) is 7.38. The summed E-state index contributed by atoms with van der Waals surface area (Å²) in [5.74, 6) is 1.09. The summed E-state index contributed by atoms with van der Waals surface area (Å²) in [7, 11) is 3.15. The fraction of sp³-hybridized carbons (Fsp3) is 0.350. The van der Waals surface area contributed by atoms with E-state index in [1.807, 2.05) is 0 Å². The molecule has 0 bridgehead atoms. The van der Waals surface area contributed by atoms with Crippen molar-refractivity contribution < 1.29 is 14.3 Å². The molecule has 0 saturated heterocycles. The van der Waals surface area contributed by atoms with Crippen molar-refractivity contribution in [2.45, 2.75) is 31.2 Å². The molecule has 2 aromatic rings. The van der Waals surface area contributed by atoms with E-state index in [1.54, 1.807) is 32.4 Å². The molecule has 5 heteroatoms. The summed E-state index contributed by atoms with van der Waals surface area (Å²) in [5.41, 5.74) is 1.83. The zero-order valence-corrected chi connectivity index (χ0v) is 16.2. The van der Waals surface area contributed by atoms with Crippen LogP contribution >= 0.6 is 15.9 Å². The number of ether oxygens (including phenoxy) is 2. The smallest absolute Gasteiger partial charge is 0.251 e. The third-order valence-electron chi connectivity index (χ3n) is 5.00. The molecule has 0 spiro atoms. The molecular formula is C20H22BrNO3. The summed E-state index contributed by atoms with van der Waals surface area (Å²) in [6, 6.07) is 13.6. The monoisotopic (exact) mass is 403 g/mol. The van der Waals surface area contributed by atoms with E-state index in [0.29, 0.717) is 17.1 Å². The number of halogens is 1. The van der Waals surface area contributed by atoms with Crippen LogP contribution in [0.2, 0.25) is 0 Å². The molecule has 1 fully saturated rings. The zero-order chi connectivity index (χ0) is 18.0. The summed E-state index contributed by atoms with van der Waals surface area (Å²) in [4.78, 5) is 12.7. The van der Waals surface area contributed by atoms with Gasteiger partial charge >= 0.3 is 0 Å². The molecule has 1 aliphatic carbocycles. The van der Waals surface area contributed by atoms with Gasteiger partial charge in [-0.15, -0.1) is 0 Å². The molecule has 0 aromatic heterocycles. The van der Waals surface area contributed by atoms with Gasteiger partial charge in [0.1, 0.15) is 11.5 Å². The third kappa shape index (κ3) is 3.66. The third-order valence-corrected chi connectivity index (χ3v) is 5.53. The van der Waals surface area contributed by atoms with Crippen molar-refractivity contribution in [3.63, 3.8) is 0 Å². The molecule has 0 radical (unpaired) electrons. The zero-order valence-electron chi connectivity index (χ0n) is 14.6. The Bertz CT molecular complexity index is 747. The number of methoxy groups -OCH3 is 2. The highest BCUT2D eigenvalue weighted by Crippen LogP contribution is 2.51. The van der Waals surface area contributed by atoms with Crippen molar-refractivity contribution in [1.82, 2.24) is 5.32 Å². The summed E-state index contributed by atoms with van der Waals surface area (Å²) < 4.78 is 11.6. The van der Waals surface area contributed by atoms with Crippen LogP contribution in [0.4, 0.5) is 0 Å². The summed E-state index contributed by atoms with van der Waals surface area (Å²) in [6.45, 7) is 2.07. The van der Waals surface area contributed by atoms with E-state index in [1.165, 1.54) is 5.56 Å². The Labute approximate surface area is 156 Å². The van der Waals surface area contributed by atoms with Crippen LogP contribution in [0.25, 0.3) is 0 Å². The molecule has 25 heavy (non-hydrogen) atoms. The van der Waals surface area contributed by atoms with Crippen LogP contribution in [-0.2, 0) is 5.41 Å². The van der Waals surface area contributed by atoms with Crippen LogP contribution in [0.3, 0.4) is 0 Å². The minimum Gasteiger partial charge on any atom is -0.497 e. The molecule has 2 aromatic carbocycles. The number of carbonyl (C=O) groups is 1. The van der Waals surface area contributed by atoms with Crippen LogP contribution in [0.5, 0.6) is 11.5 Å². The van der Waals surface area contributed by atoms with Gasteiger partial charge in [0.2, 0.25) is 0 Å². The molecule has 1 atom stereocenters. The fourth-order valence-electron chi connectivity index (χ4n) is 3.24. The van der Waals surface area contributed by atoms with E-state index in [2.05, 4.69) is 52.4 Å². The summed E-state index contributed by atoms with van der Waals surface area (Å²) in [6.07, 6.45) is 2.16. The molecule has 1 amide bonds. The van der Waals surface area contributed by atoms with Crippen molar-refractivity contribution in [2.24, 2.45) is 0 Å². The SMILES string of the molecule is COc1cc(OC)cc(C(=O)NC(C)C2(c3ccc(Br)cc3)CC2)c1. The average molecular weight is 404 g/mol. The van der Waals surface area contributed by atoms with Gasteiger partial charge in [0, 0.05) is 27.6 Å². The second-order valence-electron chi connectivity index (χ2n) is 6.46. The van der Waals surface area contributed by atoms with Gasteiger partial charge in [-0.1, -0.05) is 28.1 Å². The number of benzene rings is 2. The Balaban J connectivity index is 1.78. The maximum atomic E-state index is 12.7. The Morgan fingerprint density at radius 3 is 2.12 bits per heavy atom. The molecule has 0 aliphatic heterocycles. The Kier molecular flexibility index (Phi) is 5.04. The molecule has 1 aliphatic rings.